The summed E-state index contributed by atoms with van der Waals surface area (Å²) < 4.78 is 15.5. The number of carboxylic acids is 1. The number of methoxy groups -OCH3 is 1. The molecule has 1 aliphatic heterocycles. The molecule has 0 bridgehead atoms. The Hall–Kier alpha value is -0.770. The van der Waals surface area contributed by atoms with Crippen molar-refractivity contribution in [2.24, 2.45) is 0 Å². The summed E-state index contributed by atoms with van der Waals surface area (Å²) >= 11 is 0. The van der Waals surface area contributed by atoms with E-state index in [9.17, 15) is 20.1 Å². The number of aliphatic carboxylic acids is 1. The van der Waals surface area contributed by atoms with E-state index in [4.69, 9.17) is 19.3 Å². The van der Waals surface area contributed by atoms with E-state index in [2.05, 4.69) is 0 Å². The van der Waals surface area contributed by atoms with E-state index >= 15 is 0 Å². The van der Waals surface area contributed by atoms with Crippen LogP contribution >= 0.6 is 0 Å². The van der Waals surface area contributed by atoms with E-state index in [1.807, 2.05) is 6.92 Å². The molecule has 0 radical (unpaired) electrons. The van der Waals surface area contributed by atoms with Crippen molar-refractivity contribution in [3.63, 3.8) is 0 Å². The number of aliphatic hydroxyl groups is 3. The first kappa shape index (κ1) is 18.3. The fourth-order valence-corrected chi connectivity index (χ4v) is 2.12. The van der Waals surface area contributed by atoms with Gasteiger partial charge < -0.3 is 34.6 Å². The number of carbonyl (C=O) groups is 1. The number of ether oxygens (including phenoxy) is 3. The minimum atomic E-state index is -1.72. The summed E-state index contributed by atoms with van der Waals surface area (Å²) in [7, 11) is 1.42. The smallest absolute Gasteiger partial charge is 0.335 e. The second kappa shape index (κ2) is 8.62. The fraction of sp³-hybridized carbons (Fsp3) is 0.923. The zero-order valence-corrected chi connectivity index (χ0v) is 12.2. The molecule has 0 amide bonds. The maximum Gasteiger partial charge on any atom is 0.335 e. The minimum Gasteiger partial charge on any atom is -0.479 e. The van der Waals surface area contributed by atoms with Gasteiger partial charge >= 0.3 is 5.97 Å². The van der Waals surface area contributed by atoms with Gasteiger partial charge in [0.25, 0.3) is 0 Å². The highest BCUT2D eigenvalue weighted by Crippen LogP contribution is 2.24. The quantitative estimate of drug-likeness (QED) is 0.347. The molecule has 8 nitrogen and oxygen atoms in total. The normalized spacial score (nSPS) is 34.6. The molecule has 1 rings (SSSR count). The molecule has 124 valence electrons. The molecule has 0 aromatic carbocycles. The Morgan fingerprint density at radius 2 is 1.86 bits per heavy atom. The molecule has 6 atom stereocenters. The zero-order valence-electron chi connectivity index (χ0n) is 12.2. The molecule has 0 aromatic heterocycles. The molecule has 4 N–H and O–H groups in total. The zero-order chi connectivity index (χ0) is 16.0. The van der Waals surface area contributed by atoms with Crippen LogP contribution in [0.25, 0.3) is 0 Å². The largest absolute Gasteiger partial charge is 0.479 e. The van der Waals surface area contributed by atoms with E-state index in [0.717, 1.165) is 19.3 Å². The van der Waals surface area contributed by atoms with Gasteiger partial charge in [-0.1, -0.05) is 19.8 Å². The van der Waals surface area contributed by atoms with Crippen LogP contribution in [-0.4, -0.2) is 70.5 Å². The summed E-state index contributed by atoms with van der Waals surface area (Å²) in [5, 5.41) is 38.0. The van der Waals surface area contributed by atoms with Crippen molar-refractivity contribution in [3.8, 4) is 0 Å². The first-order valence-corrected chi connectivity index (χ1v) is 7.03. The number of unbranched alkanes of at least 4 members (excludes halogenated alkanes) is 2. The van der Waals surface area contributed by atoms with Crippen LogP contribution in [0.3, 0.4) is 0 Å². The Bertz CT molecular complexity index is 323. The van der Waals surface area contributed by atoms with Crippen LogP contribution < -0.4 is 0 Å². The van der Waals surface area contributed by atoms with E-state index in [1.54, 1.807) is 0 Å². The minimum absolute atomic E-state index is 0.549. The molecule has 0 aliphatic carbocycles. The highest BCUT2D eigenvalue weighted by atomic mass is 16.8. The van der Waals surface area contributed by atoms with Crippen LogP contribution in [0.15, 0.2) is 0 Å². The maximum absolute atomic E-state index is 11.0. The van der Waals surface area contributed by atoms with Crippen molar-refractivity contribution in [2.75, 3.05) is 7.11 Å². The summed E-state index contributed by atoms with van der Waals surface area (Å²) in [5.41, 5.74) is 0. The first-order chi connectivity index (χ1) is 9.92. The molecular formula is C13H24O8. The van der Waals surface area contributed by atoms with Crippen molar-refractivity contribution in [1.29, 1.82) is 0 Å². The van der Waals surface area contributed by atoms with Crippen LogP contribution in [0.1, 0.15) is 32.6 Å². The van der Waals surface area contributed by atoms with Gasteiger partial charge in [-0.3, -0.25) is 0 Å². The van der Waals surface area contributed by atoms with Crippen LogP contribution in [0.5, 0.6) is 0 Å². The van der Waals surface area contributed by atoms with Gasteiger partial charge in [-0.2, -0.15) is 0 Å². The van der Waals surface area contributed by atoms with Gasteiger partial charge in [0.15, 0.2) is 18.7 Å². The summed E-state index contributed by atoms with van der Waals surface area (Å²) in [6, 6.07) is 0. The van der Waals surface area contributed by atoms with E-state index < -0.39 is 43.0 Å². The predicted octanol–water partition coefficient (Wildman–Crippen LogP) is -0.552. The topological polar surface area (TPSA) is 126 Å². The van der Waals surface area contributed by atoms with Gasteiger partial charge in [0.1, 0.15) is 18.3 Å². The van der Waals surface area contributed by atoms with Gasteiger partial charge in [-0.25, -0.2) is 4.79 Å². The number of carboxylic acid groups (broad SMARTS) is 1. The fourth-order valence-electron chi connectivity index (χ4n) is 2.12. The lowest BCUT2D eigenvalue weighted by atomic mass is 9.99. The third kappa shape index (κ3) is 4.87. The Morgan fingerprint density at radius 1 is 1.19 bits per heavy atom. The molecule has 21 heavy (non-hydrogen) atoms. The molecule has 1 saturated heterocycles. The summed E-state index contributed by atoms with van der Waals surface area (Å²) in [4.78, 5) is 11.0. The lowest BCUT2D eigenvalue weighted by Gasteiger charge is -2.39. The third-order valence-corrected chi connectivity index (χ3v) is 3.41. The first-order valence-electron chi connectivity index (χ1n) is 7.03. The van der Waals surface area contributed by atoms with Crippen molar-refractivity contribution in [3.05, 3.63) is 0 Å². The van der Waals surface area contributed by atoms with Gasteiger partial charge in [0, 0.05) is 7.11 Å². The second-order valence-corrected chi connectivity index (χ2v) is 5.03. The summed E-state index contributed by atoms with van der Waals surface area (Å²) in [6.45, 7) is 2.05. The Balaban J connectivity index is 2.64. The van der Waals surface area contributed by atoms with Crippen LogP contribution in [-0.2, 0) is 19.0 Å². The van der Waals surface area contributed by atoms with Crippen LogP contribution in [0.2, 0.25) is 0 Å². The van der Waals surface area contributed by atoms with Crippen LogP contribution in [0.4, 0.5) is 0 Å². The maximum atomic E-state index is 11.0. The summed E-state index contributed by atoms with van der Waals surface area (Å²) in [5.74, 6) is -1.44. The number of rotatable bonds is 8. The van der Waals surface area contributed by atoms with E-state index in [1.165, 1.54) is 7.11 Å². The van der Waals surface area contributed by atoms with E-state index in [0.29, 0.717) is 6.42 Å². The standard InChI is InChI=1S/C13H24O8/c1-3-4-5-6-7(19-2)20-13-10(16)8(14)9(15)11(21-13)12(17)18/h7-11,13-16H,3-6H2,1-2H3,(H,17,18). The van der Waals surface area contributed by atoms with E-state index in [-0.39, 0.29) is 0 Å². The lowest BCUT2D eigenvalue weighted by Crippen LogP contribution is -2.60. The van der Waals surface area contributed by atoms with Crippen molar-refractivity contribution in [2.45, 2.75) is 69.6 Å². The predicted molar refractivity (Wildman–Crippen MR) is 70.3 cm³/mol. The van der Waals surface area contributed by atoms with Gasteiger partial charge in [0.2, 0.25) is 0 Å². The highest BCUT2D eigenvalue weighted by Gasteiger charge is 2.48. The van der Waals surface area contributed by atoms with Gasteiger partial charge in [-0.15, -0.1) is 0 Å². The van der Waals surface area contributed by atoms with Crippen LogP contribution in [0, 0.1) is 0 Å². The molecular weight excluding hydrogens is 284 g/mol. The lowest BCUT2D eigenvalue weighted by molar-refractivity contribution is -0.329. The molecule has 1 aliphatic rings. The molecule has 0 aromatic rings. The number of hydrogen-bond donors (Lipinski definition) is 4. The Morgan fingerprint density at radius 3 is 2.38 bits per heavy atom. The molecule has 0 saturated carbocycles. The van der Waals surface area contributed by atoms with Crippen molar-refractivity contribution in [1.82, 2.24) is 0 Å². The molecule has 1 heterocycles. The monoisotopic (exact) mass is 308 g/mol. The SMILES string of the molecule is CCCCCC(OC)OC1OC(C(=O)O)C(O)C(O)C1O. The number of hydrogen-bond acceptors (Lipinski definition) is 7. The van der Waals surface area contributed by atoms with Gasteiger partial charge in [-0.05, 0) is 12.8 Å². The molecule has 1 fully saturated rings. The molecule has 0 spiro atoms. The molecule has 8 heteroatoms. The molecule has 6 unspecified atom stereocenters. The highest BCUT2D eigenvalue weighted by molar-refractivity contribution is 5.73. The third-order valence-electron chi connectivity index (χ3n) is 3.41. The van der Waals surface area contributed by atoms with Gasteiger partial charge in [0.05, 0.1) is 0 Å². The number of aliphatic hydroxyl groups excluding tert-OH is 3. The Labute approximate surface area is 123 Å². The average Bonchev–Trinajstić information content (AvgIpc) is 2.46. The van der Waals surface area contributed by atoms with Crippen molar-refractivity contribution < 1.29 is 39.4 Å². The summed E-state index contributed by atoms with van der Waals surface area (Å²) in [6.07, 6.45) is -5.29. The Kier molecular flexibility index (Phi) is 7.50. The van der Waals surface area contributed by atoms with Crippen molar-refractivity contribution >= 4 is 5.97 Å². The average molecular weight is 308 g/mol. The second-order valence-electron chi connectivity index (χ2n) is 5.03.